The highest BCUT2D eigenvalue weighted by Gasteiger charge is 2.29. The fraction of sp³-hybridized carbons (Fsp3) is 0.889. The summed E-state index contributed by atoms with van der Waals surface area (Å²) >= 11 is 0. The second kappa shape index (κ2) is 3.44. The maximum Gasteiger partial charge on any atom is 0.108 e. The van der Waals surface area contributed by atoms with Crippen LogP contribution in [0.15, 0.2) is 0 Å². The van der Waals surface area contributed by atoms with Crippen molar-refractivity contribution < 1.29 is 0 Å². The summed E-state index contributed by atoms with van der Waals surface area (Å²) in [5, 5.41) is 7.33. The van der Waals surface area contributed by atoms with Crippen molar-refractivity contribution in [2.24, 2.45) is 17.6 Å². The van der Waals surface area contributed by atoms with Crippen molar-refractivity contribution in [2.45, 2.75) is 26.8 Å². The second-order valence-electron chi connectivity index (χ2n) is 4.04. The molecule has 0 aromatic rings. The minimum absolute atomic E-state index is 0.123. The van der Waals surface area contributed by atoms with Crippen LogP contribution in [0.2, 0.25) is 0 Å². The molecule has 3 N–H and O–H groups in total. The number of nitrogens with one attached hydrogen (secondary N) is 1. The Morgan fingerprint density at radius 3 is 2.17 bits per heavy atom. The molecule has 1 aliphatic heterocycles. The lowest BCUT2D eigenvalue weighted by molar-refractivity contribution is 0.299. The molecule has 1 fully saturated rings. The van der Waals surface area contributed by atoms with E-state index in [-0.39, 0.29) is 11.9 Å². The van der Waals surface area contributed by atoms with E-state index in [9.17, 15) is 0 Å². The Morgan fingerprint density at radius 2 is 1.83 bits per heavy atom. The lowest BCUT2D eigenvalue weighted by Gasteiger charge is -2.22. The molecular formula is C9H19N3. The molecule has 0 saturated carbocycles. The molecule has 0 spiro atoms. The molecule has 12 heavy (non-hydrogen) atoms. The minimum Gasteiger partial charge on any atom is -0.386 e. The summed E-state index contributed by atoms with van der Waals surface area (Å²) in [6.45, 7) is 8.70. The molecule has 70 valence electrons. The highest BCUT2D eigenvalue weighted by molar-refractivity contribution is 5.82. The van der Waals surface area contributed by atoms with Gasteiger partial charge in [-0.25, -0.2) is 0 Å². The van der Waals surface area contributed by atoms with Crippen LogP contribution in [0.25, 0.3) is 0 Å². The van der Waals surface area contributed by atoms with Crippen molar-refractivity contribution in [3.05, 3.63) is 0 Å². The van der Waals surface area contributed by atoms with E-state index >= 15 is 0 Å². The van der Waals surface area contributed by atoms with Gasteiger partial charge in [-0.15, -0.1) is 0 Å². The summed E-state index contributed by atoms with van der Waals surface area (Å²) in [5.74, 6) is 1.77. The first-order valence-corrected chi connectivity index (χ1v) is 4.60. The van der Waals surface area contributed by atoms with Crippen LogP contribution in [0.4, 0.5) is 0 Å². The number of amidine groups is 1. The molecule has 3 unspecified atom stereocenters. The third-order valence-corrected chi connectivity index (χ3v) is 3.01. The van der Waals surface area contributed by atoms with Gasteiger partial charge in [0.25, 0.3) is 0 Å². The minimum atomic E-state index is 0.123. The van der Waals surface area contributed by atoms with Gasteiger partial charge < -0.3 is 5.73 Å². The van der Waals surface area contributed by atoms with E-state index in [1.165, 1.54) is 0 Å². The summed E-state index contributed by atoms with van der Waals surface area (Å²) in [5.41, 5.74) is 5.45. The Balaban J connectivity index is 2.51. The molecule has 1 aliphatic rings. The largest absolute Gasteiger partial charge is 0.386 e. The first-order chi connectivity index (χ1) is 5.52. The predicted octanol–water partition coefficient (Wildman–Crippen LogP) is 0.899. The Morgan fingerprint density at radius 1 is 1.42 bits per heavy atom. The molecule has 3 nitrogen and oxygen atoms in total. The molecule has 1 heterocycles. The highest BCUT2D eigenvalue weighted by Crippen LogP contribution is 2.23. The van der Waals surface area contributed by atoms with Gasteiger partial charge in [-0.3, -0.25) is 10.3 Å². The van der Waals surface area contributed by atoms with E-state index in [2.05, 4.69) is 18.7 Å². The predicted molar refractivity (Wildman–Crippen MR) is 51.3 cm³/mol. The number of rotatable bonds is 2. The van der Waals surface area contributed by atoms with Crippen molar-refractivity contribution in [1.29, 1.82) is 5.41 Å². The third-order valence-electron chi connectivity index (χ3n) is 3.01. The lowest BCUT2D eigenvalue weighted by atomic mass is 10.0. The summed E-state index contributed by atoms with van der Waals surface area (Å²) in [7, 11) is 0. The topological polar surface area (TPSA) is 53.1 Å². The van der Waals surface area contributed by atoms with Gasteiger partial charge in [-0.05, 0) is 18.8 Å². The van der Waals surface area contributed by atoms with Gasteiger partial charge in [0.1, 0.15) is 5.84 Å². The fourth-order valence-electron chi connectivity index (χ4n) is 1.69. The van der Waals surface area contributed by atoms with Crippen LogP contribution < -0.4 is 5.73 Å². The zero-order chi connectivity index (χ0) is 9.30. The monoisotopic (exact) mass is 169 g/mol. The van der Waals surface area contributed by atoms with E-state index in [0.29, 0.717) is 0 Å². The Bertz CT molecular complexity index is 169. The van der Waals surface area contributed by atoms with Gasteiger partial charge in [-0.2, -0.15) is 0 Å². The Kier molecular flexibility index (Phi) is 2.73. The second-order valence-corrected chi connectivity index (χ2v) is 4.04. The average Bonchev–Trinajstić information content (AvgIpc) is 2.30. The summed E-state index contributed by atoms with van der Waals surface area (Å²) in [4.78, 5) is 2.29. The Hall–Kier alpha value is -0.570. The maximum atomic E-state index is 7.33. The fourth-order valence-corrected chi connectivity index (χ4v) is 1.69. The van der Waals surface area contributed by atoms with E-state index in [4.69, 9.17) is 11.1 Å². The lowest BCUT2D eigenvalue weighted by Crippen LogP contribution is -2.41. The molecule has 1 saturated heterocycles. The first-order valence-electron chi connectivity index (χ1n) is 4.60. The van der Waals surface area contributed by atoms with Gasteiger partial charge in [0.15, 0.2) is 0 Å². The molecule has 0 aliphatic carbocycles. The van der Waals surface area contributed by atoms with Gasteiger partial charge >= 0.3 is 0 Å². The van der Waals surface area contributed by atoms with Crippen molar-refractivity contribution in [1.82, 2.24) is 4.90 Å². The number of hydrogen-bond donors (Lipinski definition) is 2. The van der Waals surface area contributed by atoms with E-state index in [0.717, 1.165) is 24.9 Å². The Labute approximate surface area is 74.4 Å². The van der Waals surface area contributed by atoms with Crippen molar-refractivity contribution in [2.75, 3.05) is 13.1 Å². The number of hydrogen-bond acceptors (Lipinski definition) is 2. The van der Waals surface area contributed by atoms with Gasteiger partial charge in [0, 0.05) is 13.1 Å². The SMILES string of the molecule is CC1CN(C(C)C(=N)N)CC1C. The summed E-state index contributed by atoms with van der Waals surface area (Å²) < 4.78 is 0. The molecule has 1 rings (SSSR count). The van der Waals surface area contributed by atoms with E-state index in [1.807, 2.05) is 6.92 Å². The third kappa shape index (κ3) is 1.78. The van der Waals surface area contributed by atoms with Crippen LogP contribution in [-0.2, 0) is 0 Å². The molecule has 0 bridgehead atoms. The molecule has 0 radical (unpaired) electrons. The average molecular weight is 169 g/mol. The summed E-state index contributed by atoms with van der Waals surface area (Å²) in [6, 6.07) is 0.123. The van der Waals surface area contributed by atoms with Gasteiger partial charge in [0.2, 0.25) is 0 Å². The number of nitrogens with two attached hydrogens (primary N) is 1. The van der Waals surface area contributed by atoms with Gasteiger partial charge in [0.05, 0.1) is 6.04 Å². The zero-order valence-electron chi connectivity index (χ0n) is 8.17. The van der Waals surface area contributed by atoms with E-state index in [1.54, 1.807) is 0 Å². The van der Waals surface area contributed by atoms with Crippen molar-refractivity contribution in [3.8, 4) is 0 Å². The normalized spacial score (nSPS) is 33.6. The number of likely N-dealkylation sites (tertiary alicyclic amines) is 1. The number of nitrogens with zero attached hydrogens (tertiary/aromatic N) is 1. The maximum absolute atomic E-state index is 7.33. The molecule has 3 atom stereocenters. The van der Waals surface area contributed by atoms with Crippen LogP contribution in [0, 0.1) is 17.2 Å². The van der Waals surface area contributed by atoms with Gasteiger partial charge in [-0.1, -0.05) is 13.8 Å². The molecule has 3 heteroatoms. The smallest absolute Gasteiger partial charge is 0.108 e. The highest BCUT2D eigenvalue weighted by atomic mass is 15.2. The molecule has 0 amide bonds. The quantitative estimate of drug-likeness (QED) is 0.476. The van der Waals surface area contributed by atoms with Crippen LogP contribution in [0.5, 0.6) is 0 Å². The first kappa shape index (κ1) is 9.52. The van der Waals surface area contributed by atoms with Crippen LogP contribution in [-0.4, -0.2) is 29.9 Å². The van der Waals surface area contributed by atoms with E-state index < -0.39 is 0 Å². The van der Waals surface area contributed by atoms with Crippen molar-refractivity contribution >= 4 is 5.84 Å². The van der Waals surface area contributed by atoms with Crippen molar-refractivity contribution in [3.63, 3.8) is 0 Å². The van der Waals surface area contributed by atoms with Crippen LogP contribution in [0.3, 0.4) is 0 Å². The summed E-state index contributed by atoms with van der Waals surface area (Å²) in [6.07, 6.45) is 0. The molecule has 0 aromatic carbocycles. The zero-order valence-corrected chi connectivity index (χ0v) is 8.17. The standard InChI is InChI=1S/C9H19N3/c1-6-4-12(5-7(6)2)8(3)9(10)11/h6-8H,4-5H2,1-3H3,(H3,10,11). The van der Waals surface area contributed by atoms with Crippen LogP contribution in [0.1, 0.15) is 20.8 Å². The molecular weight excluding hydrogens is 150 g/mol. The molecule has 0 aromatic heterocycles. The van der Waals surface area contributed by atoms with Crippen LogP contribution >= 0.6 is 0 Å².